The molecule has 1 aliphatic rings. The first-order valence-corrected chi connectivity index (χ1v) is 5.73. The van der Waals surface area contributed by atoms with Crippen molar-refractivity contribution < 1.29 is 50.6 Å². The highest BCUT2D eigenvalue weighted by atomic mass is 16.9. The lowest BCUT2D eigenvalue weighted by Gasteiger charge is -2.43. The number of nitrogens with zero attached hydrogens (tertiary/aromatic N) is 4. The van der Waals surface area contributed by atoms with E-state index in [-0.39, 0.29) is 0 Å². The van der Waals surface area contributed by atoms with E-state index in [1.165, 1.54) is 0 Å². The van der Waals surface area contributed by atoms with E-state index in [2.05, 4.69) is 4.74 Å². The SMILES string of the molecule is O=[N+]([O-])[O-].O=[N+]([O-])[O-].O=[N+]([O-])[O-].O=[N+]([O-])[O-].[O-][C@H]1O[C@H](CO)[C@@H](O)[C@H](O)[C@H]1O. The van der Waals surface area contributed by atoms with Gasteiger partial charge in [0.2, 0.25) is 0 Å². The molecule has 1 aliphatic heterocycles. The van der Waals surface area contributed by atoms with E-state index in [0.717, 1.165) is 0 Å². The molecule has 5 atom stereocenters. The van der Waals surface area contributed by atoms with E-state index >= 15 is 0 Å². The van der Waals surface area contributed by atoms with Crippen LogP contribution in [0.2, 0.25) is 0 Å². The van der Waals surface area contributed by atoms with Gasteiger partial charge in [-0.15, -0.1) is 0 Å². The van der Waals surface area contributed by atoms with Crippen LogP contribution < -0.4 is 5.11 Å². The summed E-state index contributed by atoms with van der Waals surface area (Å²) in [4.78, 5) is 33.0. The fraction of sp³-hybridized carbons (Fsp3) is 1.00. The lowest BCUT2D eigenvalue weighted by Crippen LogP contribution is -2.62. The van der Waals surface area contributed by atoms with Crippen molar-refractivity contribution in [3.05, 3.63) is 61.3 Å². The van der Waals surface area contributed by atoms with Gasteiger partial charge in [-0.05, 0) is 0 Å². The van der Waals surface area contributed by atoms with Crippen molar-refractivity contribution in [1.82, 2.24) is 0 Å². The highest BCUT2D eigenvalue weighted by Gasteiger charge is 2.38. The minimum absolute atomic E-state index is 0.566. The van der Waals surface area contributed by atoms with Crippen molar-refractivity contribution in [2.24, 2.45) is 0 Å². The van der Waals surface area contributed by atoms with E-state index in [4.69, 9.17) is 81.7 Å². The molecule has 0 aromatic rings. The van der Waals surface area contributed by atoms with Gasteiger partial charge < -0.3 is 91.6 Å². The van der Waals surface area contributed by atoms with Crippen LogP contribution in [0.4, 0.5) is 0 Å². The third-order valence-electron chi connectivity index (χ3n) is 1.85. The maximum absolute atomic E-state index is 10.7. The summed E-state index contributed by atoms with van der Waals surface area (Å²) in [6.45, 7) is -0.566. The number of hydrogen-bond donors (Lipinski definition) is 4. The van der Waals surface area contributed by atoms with Gasteiger partial charge in [0.25, 0.3) is 0 Å². The second-order valence-corrected chi connectivity index (χ2v) is 3.59. The summed E-state index contributed by atoms with van der Waals surface area (Å²) in [5.41, 5.74) is 0. The molecule has 0 amide bonds. The largest absolute Gasteiger partial charge is 0.829 e. The molecule has 1 heterocycles. The van der Waals surface area contributed by atoms with Crippen LogP contribution in [0.15, 0.2) is 0 Å². The number of aliphatic hydroxyl groups is 4. The standard InChI is InChI=1S/C6H11O6.4NO3/c7-1-2-3(8)4(9)5(10)6(11)12-2;4*2-1(3)4/h2-10H,1H2;;;;/q5*-1/t2-,3-,4+,5-,6+;;;;/m1..../s1. The normalized spacial score (nSPS) is 24.5. The molecule has 4 N–H and O–H groups in total. The summed E-state index contributed by atoms with van der Waals surface area (Å²) < 4.78 is 4.46. The van der Waals surface area contributed by atoms with Crippen LogP contribution in [0, 0.1) is 61.3 Å². The molecule has 0 radical (unpaired) electrons. The summed E-state index contributed by atoms with van der Waals surface area (Å²) in [5, 5.41) is 105. The molecule has 1 rings (SSSR count). The average Bonchev–Trinajstić information content (AvgIpc) is 2.46. The second-order valence-electron chi connectivity index (χ2n) is 3.59. The zero-order valence-corrected chi connectivity index (χ0v) is 12.9. The van der Waals surface area contributed by atoms with Gasteiger partial charge in [-0.2, -0.15) is 0 Å². The average molecular weight is 427 g/mol. The highest BCUT2D eigenvalue weighted by Crippen LogP contribution is 2.17. The van der Waals surface area contributed by atoms with Gasteiger partial charge >= 0.3 is 0 Å². The Labute approximate surface area is 150 Å². The monoisotopic (exact) mass is 427 g/mol. The molecule has 28 heavy (non-hydrogen) atoms. The number of aliphatic hydroxyl groups excluding tert-OH is 4. The number of ether oxygens (including phenoxy) is 1. The molecule has 0 aliphatic carbocycles. The molecule has 0 saturated carbocycles. The zero-order chi connectivity index (χ0) is 23.6. The molecular formula is C6H11N4O18-5. The lowest BCUT2D eigenvalue weighted by molar-refractivity contribution is -0.532. The minimum Gasteiger partial charge on any atom is -0.829 e. The van der Waals surface area contributed by atoms with Gasteiger partial charge in [0.15, 0.2) is 0 Å². The lowest BCUT2D eigenvalue weighted by atomic mass is 10.00. The molecule has 1 saturated heterocycles. The molecular weight excluding hydrogens is 416 g/mol. The Bertz CT molecular complexity index is 391. The summed E-state index contributed by atoms with van der Waals surface area (Å²) in [7, 11) is 0. The first-order chi connectivity index (χ1) is 12.5. The predicted octanol–water partition coefficient (Wildman–Crippen LogP) is -4.81. The molecule has 1 fully saturated rings. The topological polar surface area (TPSA) is 378 Å². The van der Waals surface area contributed by atoms with Gasteiger partial charge in [0.05, 0.1) is 33.1 Å². The maximum Gasteiger partial charge on any atom is 0.111 e. The first-order valence-electron chi connectivity index (χ1n) is 5.73. The first kappa shape index (κ1) is 32.3. The van der Waals surface area contributed by atoms with Gasteiger partial charge in [0, 0.05) is 6.29 Å². The minimum atomic E-state index is -1.82. The van der Waals surface area contributed by atoms with Crippen molar-refractivity contribution in [3.63, 3.8) is 0 Å². The fourth-order valence-electron chi connectivity index (χ4n) is 1.07. The van der Waals surface area contributed by atoms with Crippen molar-refractivity contribution in [1.29, 1.82) is 0 Å². The Morgan fingerprint density at radius 3 is 1.11 bits per heavy atom. The molecule has 0 bridgehead atoms. The Morgan fingerprint density at radius 1 is 0.643 bits per heavy atom. The van der Waals surface area contributed by atoms with Crippen LogP contribution in [-0.4, -0.2) is 78.1 Å². The highest BCUT2D eigenvalue weighted by molar-refractivity contribution is 4.87. The van der Waals surface area contributed by atoms with Gasteiger partial charge in [-0.1, -0.05) is 0 Å². The van der Waals surface area contributed by atoms with E-state index in [1.807, 2.05) is 0 Å². The third-order valence-corrected chi connectivity index (χ3v) is 1.85. The van der Waals surface area contributed by atoms with E-state index < -0.39 is 57.7 Å². The molecule has 0 spiro atoms. The van der Waals surface area contributed by atoms with Crippen molar-refractivity contribution >= 4 is 0 Å². The smallest absolute Gasteiger partial charge is 0.111 e. The summed E-state index contributed by atoms with van der Waals surface area (Å²) in [5.74, 6) is 0. The van der Waals surface area contributed by atoms with E-state index in [9.17, 15) is 5.11 Å². The second kappa shape index (κ2) is 18.4. The van der Waals surface area contributed by atoms with Crippen LogP contribution in [0.5, 0.6) is 0 Å². The van der Waals surface area contributed by atoms with Crippen molar-refractivity contribution in [3.8, 4) is 0 Å². The molecule has 0 unspecified atom stereocenters. The van der Waals surface area contributed by atoms with E-state index in [0.29, 0.717) is 0 Å². The molecule has 168 valence electrons. The molecule has 22 nitrogen and oxygen atoms in total. The predicted molar refractivity (Wildman–Crippen MR) is 75.2 cm³/mol. The molecule has 0 aromatic heterocycles. The van der Waals surface area contributed by atoms with Crippen molar-refractivity contribution in [2.45, 2.75) is 30.7 Å². The number of hydrogen-bond acceptors (Lipinski definition) is 18. The Kier molecular flexibility index (Phi) is 21.1. The Hall–Kier alpha value is -3.44. The van der Waals surface area contributed by atoms with Crippen LogP contribution in [0.1, 0.15) is 0 Å². The maximum atomic E-state index is 10.7. The Balaban J connectivity index is -0.000000150. The van der Waals surface area contributed by atoms with Crippen LogP contribution in [0.25, 0.3) is 0 Å². The fourth-order valence-corrected chi connectivity index (χ4v) is 1.07. The quantitative estimate of drug-likeness (QED) is 0.225. The van der Waals surface area contributed by atoms with Crippen LogP contribution in [-0.2, 0) is 4.74 Å². The van der Waals surface area contributed by atoms with Crippen LogP contribution >= 0.6 is 0 Å². The molecule has 0 aromatic carbocycles. The van der Waals surface area contributed by atoms with Gasteiger partial charge in [0.1, 0.15) is 18.3 Å². The molecule has 22 heteroatoms. The van der Waals surface area contributed by atoms with Gasteiger partial charge in [-0.3, -0.25) is 0 Å². The Morgan fingerprint density at radius 2 is 0.893 bits per heavy atom. The summed E-state index contributed by atoms with van der Waals surface area (Å²) in [6.07, 6.45) is -7.57. The zero-order valence-electron chi connectivity index (χ0n) is 12.9. The number of rotatable bonds is 1. The third kappa shape index (κ3) is 30.4. The van der Waals surface area contributed by atoms with Crippen LogP contribution in [0.3, 0.4) is 0 Å². The van der Waals surface area contributed by atoms with E-state index in [1.54, 1.807) is 0 Å². The summed E-state index contributed by atoms with van der Waals surface area (Å²) >= 11 is 0. The summed E-state index contributed by atoms with van der Waals surface area (Å²) in [6, 6.07) is 0. The van der Waals surface area contributed by atoms with Crippen molar-refractivity contribution in [2.75, 3.05) is 6.61 Å². The van der Waals surface area contributed by atoms with Gasteiger partial charge in [-0.25, -0.2) is 0 Å².